The van der Waals surface area contributed by atoms with Crippen molar-refractivity contribution >= 4 is 0 Å². The van der Waals surface area contributed by atoms with Crippen molar-refractivity contribution in [1.29, 1.82) is 0 Å². The lowest BCUT2D eigenvalue weighted by molar-refractivity contribution is -0.372. The van der Waals surface area contributed by atoms with Crippen LogP contribution in [0.5, 0.6) is 0 Å². The molecular formula is C8H14O3. The highest BCUT2D eigenvalue weighted by Crippen LogP contribution is 2.27. The zero-order valence-corrected chi connectivity index (χ0v) is 6.75. The van der Waals surface area contributed by atoms with Gasteiger partial charge in [0, 0.05) is 6.42 Å². The highest BCUT2D eigenvalue weighted by molar-refractivity contribution is 4.75. The predicted octanol–water partition coefficient (Wildman–Crippen LogP) is 1.38. The van der Waals surface area contributed by atoms with Gasteiger partial charge in [0.15, 0.2) is 5.79 Å². The number of rotatable bonds is 3. The minimum atomic E-state index is -1.09. The van der Waals surface area contributed by atoms with Gasteiger partial charge in [-0.05, 0) is 19.8 Å². The number of allylic oxidation sites excluding steroid dienone is 1. The molecule has 1 rings (SSSR count). The first-order valence-corrected chi connectivity index (χ1v) is 3.82. The summed E-state index contributed by atoms with van der Waals surface area (Å²) in [6, 6.07) is 0. The molecule has 0 saturated carbocycles. The Hall–Kier alpha value is -0.380. The topological polar surface area (TPSA) is 38.7 Å². The molecular weight excluding hydrogens is 144 g/mol. The van der Waals surface area contributed by atoms with Gasteiger partial charge in [0.2, 0.25) is 0 Å². The lowest BCUT2D eigenvalue weighted by Crippen LogP contribution is -2.21. The Morgan fingerprint density at radius 3 is 3.00 bits per heavy atom. The number of aliphatic hydroxyl groups is 1. The average Bonchev–Trinajstić information content (AvgIpc) is 2.26. The van der Waals surface area contributed by atoms with Crippen molar-refractivity contribution in [2.75, 3.05) is 0 Å². The number of hydrogen-bond acceptors (Lipinski definition) is 3. The second kappa shape index (κ2) is 3.34. The largest absolute Gasteiger partial charge is 0.363 e. The Labute approximate surface area is 66.5 Å². The fraction of sp³-hybridized carbons (Fsp3) is 0.750. The summed E-state index contributed by atoms with van der Waals surface area (Å²) in [4.78, 5) is 9.54. The zero-order valence-electron chi connectivity index (χ0n) is 6.75. The summed E-state index contributed by atoms with van der Waals surface area (Å²) >= 11 is 0. The Kier molecular flexibility index (Phi) is 2.65. The molecule has 0 bridgehead atoms. The van der Waals surface area contributed by atoms with Crippen LogP contribution in [0.15, 0.2) is 12.7 Å². The molecule has 3 heteroatoms. The summed E-state index contributed by atoms with van der Waals surface area (Å²) in [6.45, 7) is 5.20. The number of hydrogen-bond donors (Lipinski definition) is 1. The maximum Gasteiger partial charge on any atom is 0.198 e. The third-order valence-electron chi connectivity index (χ3n) is 1.66. The maximum atomic E-state index is 9.29. The van der Waals surface area contributed by atoms with Crippen molar-refractivity contribution in [2.24, 2.45) is 0 Å². The molecule has 1 saturated heterocycles. The molecule has 3 nitrogen and oxygen atoms in total. The van der Waals surface area contributed by atoms with Crippen LogP contribution < -0.4 is 0 Å². The molecule has 0 radical (unpaired) electrons. The van der Waals surface area contributed by atoms with Crippen LogP contribution in [0.4, 0.5) is 0 Å². The van der Waals surface area contributed by atoms with Gasteiger partial charge in [0.05, 0.1) is 6.10 Å². The molecule has 2 atom stereocenters. The van der Waals surface area contributed by atoms with E-state index < -0.39 is 5.79 Å². The summed E-state index contributed by atoms with van der Waals surface area (Å²) in [7, 11) is 0. The van der Waals surface area contributed by atoms with Gasteiger partial charge >= 0.3 is 0 Å². The standard InChI is InChI=1S/C8H14O3/c1-3-4-5-7-6-8(2,9)11-10-7/h3,7,9H,1,4-6H2,2H3/t7-,8-/m1/s1. The summed E-state index contributed by atoms with van der Waals surface area (Å²) in [5.41, 5.74) is 0. The monoisotopic (exact) mass is 158 g/mol. The molecule has 1 aliphatic rings. The first kappa shape index (κ1) is 8.71. The lowest BCUT2D eigenvalue weighted by Gasteiger charge is -2.09. The first-order chi connectivity index (χ1) is 5.14. The average molecular weight is 158 g/mol. The van der Waals surface area contributed by atoms with Crippen LogP contribution in [0.2, 0.25) is 0 Å². The van der Waals surface area contributed by atoms with Crippen molar-refractivity contribution in [3.8, 4) is 0 Å². The van der Waals surface area contributed by atoms with Gasteiger partial charge < -0.3 is 5.11 Å². The van der Waals surface area contributed by atoms with Crippen LogP contribution in [-0.4, -0.2) is 17.0 Å². The third kappa shape index (κ3) is 2.61. The fourth-order valence-electron chi connectivity index (χ4n) is 1.12. The Morgan fingerprint density at radius 1 is 1.82 bits per heavy atom. The summed E-state index contributed by atoms with van der Waals surface area (Å²) in [5, 5.41) is 9.29. The molecule has 1 aliphatic heterocycles. The van der Waals surface area contributed by atoms with Crippen LogP contribution in [0.25, 0.3) is 0 Å². The highest BCUT2D eigenvalue weighted by atomic mass is 17.2. The van der Waals surface area contributed by atoms with Gasteiger partial charge in [-0.15, -0.1) is 6.58 Å². The zero-order chi connectivity index (χ0) is 8.32. The van der Waals surface area contributed by atoms with Crippen LogP contribution in [0.1, 0.15) is 26.2 Å². The molecule has 0 aromatic rings. The van der Waals surface area contributed by atoms with E-state index in [1.54, 1.807) is 6.92 Å². The van der Waals surface area contributed by atoms with Gasteiger partial charge in [-0.3, -0.25) is 0 Å². The molecule has 0 spiro atoms. The van der Waals surface area contributed by atoms with E-state index in [4.69, 9.17) is 4.89 Å². The molecule has 1 heterocycles. The van der Waals surface area contributed by atoms with E-state index in [1.807, 2.05) is 6.08 Å². The van der Waals surface area contributed by atoms with Crippen molar-refractivity contribution in [2.45, 2.75) is 38.1 Å². The van der Waals surface area contributed by atoms with Crippen LogP contribution in [-0.2, 0) is 9.78 Å². The van der Waals surface area contributed by atoms with Crippen LogP contribution >= 0.6 is 0 Å². The van der Waals surface area contributed by atoms with Crippen molar-refractivity contribution in [1.82, 2.24) is 0 Å². The lowest BCUT2D eigenvalue weighted by atomic mass is 10.1. The van der Waals surface area contributed by atoms with Crippen molar-refractivity contribution in [3.63, 3.8) is 0 Å². The highest BCUT2D eigenvalue weighted by Gasteiger charge is 2.35. The van der Waals surface area contributed by atoms with Crippen molar-refractivity contribution < 1.29 is 14.9 Å². The van der Waals surface area contributed by atoms with E-state index in [1.165, 1.54) is 0 Å². The third-order valence-corrected chi connectivity index (χ3v) is 1.66. The molecule has 0 amide bonds. The summed E-state index contributed by atoms with van der Waals surface area (Å²) in [6.07, 6.45) is 4.14. The van der Waals surface area contributed by atoms with E-state index >= 15 is 0 Å². The second-order valence-corrected chi connectivity index (χ2v) is 3.05. The van der Waals surface area contributed by atoms with Crippen molar-refractivity contribution in [3.05, 3.63) is 12.7 Å². The van der Waals surface area contributed by atoms with Gasteiger partial charge in [-0.2, -0.15) is 0 Å². The van der Waals surface area contributed by atoms with Crippen LogP contribution in [0, 0.1) is 0 Å². The molecule has 0 aliphatic carbocycles. The molecule has 0 aromatic carbocycles. The van der Waals surface area contributed by atoms with E-state index in [2.05, 4.69) is 11.5 Å². The van der Waals surface area contributed by atoms with E-state index in [-0.39, 0.29) is 6.10 Å². The van der Waals surface area contributed by atoms with Gasteiger partial charge in [-0.25, -0.2) is 9.78 Å². The Morgan fingerprint density at radius 2 is 2.55 bits per heavy atom. The van der Waals surface area contributed by atoms with Gasteiger partial charge in [0.1, 0.15) is 0 Å². The van der Waals surface area contributed by atoms with Gasteiger partial charge in [-0.1, -0.05) is 6.08 Å². The molecule has 1 N–H and O–H groups in total. The quantitative estimate of drug-likeness (QED) is 0.498. The molecule has 0 aromatic heterocycles. The predicted molar refractivity (Wildman–Crippen MR) is 40.6 cm³/mol. The molecule has 0 unspecified atom stereocenters. The molecule has 1 fully saturated rings. The van der Waals surface area contributed by atoms with E-state index in [9.17, 15) is 5.11 Å². The first-order valence-electron chi connectivity index (χ1n) is 3.82. The second-order valence-electron chi connectivity index (χ2n) is 3.05. The minimum absolute atomic E-state index is 0.0167. The molecule has 11 heavy (non-hydrogen) atoms. The smallest absolute Gasteiger partial charge is 0.198 e. The Bertz CT molecular complexity index is 142. The summed E-state index contributed by atoms with van der Waals surface area (Å²) < 4.78 is 0. The SMILES string of the molecule is C=CCC[C@@H]1C[C@](C)(O)OO1. The normalized spacial score (nSPS) is 37.5. The fourth-order valence-corrected chi connectivity index (χ4v) is 1.12. The van der Waals surface area contributed by atoms with E-state index in [0.29, 0.717) is 6.42 Å². The summed E-state index contributed by atoms with van der Waals surface area (Å²) in [5.74, 6) is -1.09. The molecule has 64 valence electrons. The van der Waals surface area contributed by atoms with Crippen LogP contribution in [0.3, 0.4) is 0 Å². The Balaban J connectivity index is 2.24. The minimum Gasteiger partial charge on any atom is -0.363 e. The van der Waals surface area contributed by atoms with E-state index in [0.717, 1.165) is 12.8 Å². The van der Waals surface area contributed by atoms with Gasteiger partial charge in [0.25, 0.3) is 0 Å². The maximum absolute atomic E-state index is 9.29.